The number of nitro benzene ring substituents is 1. The monoisotopic (exact) mass is 307 g/mol. The van der Waals surface area contributed by atoms with Crippen molar-refractivity contribution in [1.82, 2.24) is 4.90 Å². The van der Waals surface area contributed by atoms with Crippen molar-refractivity contribution in [3.8, 4) is 0 Å². The molecule has 1 saturated heterocycles. The number of carbonyl (C=O) groups excluding carboxylic acids is 1. The van der Waals surface area contributed by atoms with Gasteiger partial charge in [-0.25, -0.2) is 0 Å². The highest BCUT2D eigenvalue weighted by Gasteiger charge is 2.26. The Morgan fingerprint density at radius 2 is 2.14 bits per heavy atom. The van der Waals surface area contributed by atoms with E-state index >= 15 is 0 Å². The second-order valence-corrected chi connectivity index (χ2v) is 5.55. The van der Waals surface area contributed by atoms with Crippen molar-refractivity contribution in [2.75, 3.05) is 25.0 Å². The molecule has 0 radical (unpaired) electrons. The molecule has 1 aromatic carbocycles. The summed E-state index contributed by atoms with van der Waals surface area (Å²) in [5.41, 5.74) is 0.598. The van der Waals surface area contributed by atoms with Gasteiger partial charge < -0.3 is 15.3 Å². The maximum Gasteiger partial charge on any atom is 0.282 e. The highest BCUT2D eigenvalue weighted by molar-refractivity contribution is 5.99. The molecule has 1 aliphatic heterocycles. The second kappa shape index (κ2) is 7.22. The number of amides is 1. The third-order valence-electron chi connectivity index (χ3n) is 3.71. The number of hydrogen-bond acceptors (Lipinski definition) is 5. The molecule has 7 heteroatoms. The van der Waals surface area contributed by atoms with Gasteiger partial charge in [0.1, 0.15) is 5.56 Å². The quantitative estimate of drug-likeness (QED) is 0.619. The van der Waals surface area contributed by atoms with E-state index in [2.05, 4.69) is 5.32 Å². The van der Waals surface area contributed by atoms with E-state index in [1.807, 2.05) is 0 Å². The molecule has 1 heterocycles. The first kappa shape index (κ1) is 16.2. The topological polar surface area (TPSA) is 95.7 Å². The largest absolute Gasteiger partial charge is 0.393 e. The first-order valence-electron chi connectivity index (χ1n) is 7.48. The predicted molar refractivity (Wildman–Crippen MR) is 83.0 cm³/mol. The lowest BCUT2D eigenvalue weighted by Gasteiger charge is -2.16. The number of benzene rings is 1. The third kappa shape index (κ3) is 3.94. The fraction of sp³-hybridized carbons (Fsp3) is 0.533. The van der Waals surface area contributed by atoms with Crippen LogP contribution in [0.5, 0.6) is 0 Å². The van der Waals surface area contributed by atoms with Crippen LogP contribution in [0, 0.1) is 10.1 Å². The van der Waals surface area contributed by atoms with Crippen LogP contribution in [0.1, 0.15) is 36.5 Å². The maximum atomic E-state index is 12.5. The van der Waals surface area contributed by atoms with Crippen LogP contribution >= 0.6 is 0 Å². The molecule has 1 aromatic rings. The molecule has 1 fully saturated rings. The van der Waals surface area contributed by atoms with E-state index in [0.29, 0.717) is 31.7 Å². The summed E-state index contributed by atoms with van der Waals surface area (Å²) in [6, 6.07) is 4.47. The molecule has 7 nitrogen and oxygen atoms in total. The van der Waals surface area contributed by atoms with Gasteiger partial charge in [0, 0.05) is 31.4 Å². The number of nitro groups is 1. The molecule has 1 amide bonds. The Bertz CT molecular complexity index is 554. The number of aliphatic hydroxyl groups is 1. The number of likely N-dealkylation sites (tertiary alicyclic amines) is 1. The molecule has 0 bridgehead atoms. The molecular formula is C15H21N3O4. The number of rotatable bonds is 6. The van der Waals surface area contributed by atoms with Gasteiger partial charge in [-0.05, 0) is 38.3 Å². The Balaban J connectivity index is 2.19. The van der Waals surface area contributed by atoms with E-state index < -0.39 is 11.0 Å². The highest BCUT2D eigenvalue weighted by atomic mass is 16.6. The Kier molecular flexibility index (Phi) is 5.32. The molecule has 120 valence electrons. The second-order valence-electron chi connectivity index (χ2n) is 5.55. The molecule has 22 heavy (non-hydrogen) atoms. The Labute approximate surface area is 129 Å². The average Bonchev–Trinajstić information content (AvgIpc) is 3.00. The normalized spacial score (nSPS) is 15.6. The van der Waals surface area contributed by atoms with Gasteiger partial charge in [-0.3, -0.25) is 14.9 Å². The Hall–Kier alpha value is -2.15. The predicted octanol–water partition coefficient (Wildman–Crippen LogP) is 2.01. The van der Waals surface area contributed by atoms with Crippen LogP contribution in [0.4, 0.5) is 11.4 Å². The number of hydrogen-bond donors (Lipinski definition) is 2. The Morgan fingerprint density at radius 3 is 2.73 bits per heavy atom. The lowest BCUT2D eigenvalue weighted by molar-refractivity contribution is -0.385. The van der Waals surface area contributed by atoms with Gasteiger partial charge in [-0.15, -0.1) is 0 Å². The number of carbonyl (C=O) groups is 1. The van der Waals surface area contributed by atoms with Crippen molar-refractivity contribution in [3.63, 3.8) is 0 Å². The van der Waals surface area contributed by atoms with Crippen LogP contribution in [0.3, 0.4) is 0 Å². The van der Waals surface area contributed by atoms with Crippen LogP contribution < -0.4 is 5.32 Å². The molecule has 0 unspecified atom stereocenters. The molecule has 1 aliphatic rings. The summed E-state index contributed by atoms with van der Waals surface area (Å²) in [6.07, 6.45) is 2.01. The summed E-state index contributed by atoms with van der Waals surface area (Å²) in [6.45, 7) is 3.53. The summed E-state index contributed by atoms with van der Waals surface area (Å²) < 4.78 is 0. The minimum atomic E-state index is -0.525. The van der Waals surface area contributed by atoms with E-state index in [1.165, 1.54) is 12.1 Å². The van der Waals surface area contributed by atoms with E-state index in [4.69, 9.17) is 0 Å². The highest BCUT2D eigenvalue weighted by Crippen LogP contribution is 2.25. The van der Waals surface area contributed by atoms with E-state index in [9.17, 15) is 20.0 Å². The maximum absolute atomic E-state index is 12.5. The number of nitrogens with zero attached hydrogens (tertiary/aromatic N) is 2. The molecule has 1 atom stereocenters. The third-order valence-corrected chi connectivity index (χ3v) is 3.71. The van der Waals surface area contributed by atoms with Gasteiger partial charge >= 0.3 is 0 Å². The summed E-state index contributed by atoms with van der Waals surface area (Å²) >= 11 is 0. The van der Waals surface area contributed by atoms with Gasteiger partial charge in [0.05, 0.1) is 11.0 Å². The molecule has 0 saturated carbocycles. The fourth-order valence-corrected chi connectivity index (χ4v) is 2.49. The first-order valence-corrected chi connectivity index (χ1v) is 7.48. The number of aliphatic hydroxyl groups excluding tert-OH is 1. The van der Waals surface area contributed by atoms with Crippen molar-refractivity contribution in [3.05, 3.63) is 33.9 Å². The van der Waals surface area contributed by atoms with Crippen molar-refractivity contribution in [2.45, 2.75) is 32.3 Å². The van der Waals surface area contributed by atoms with E-state index in [-0.39, 0.29) is 17.2 Å². The molecule has 2 N–H and O–H groups in total. The molecule has 0 spiro atoms. The van der Waals surface area contributed by atoms with Crippen molar-refractivity contribution in [1.29, 1.82) is 0 Å². The Morgan fingerprint density at radius 1 is 1.45 bits per heavy atom. The van der Waals surface area contributed by atoms with Crippen LogP contribution in [0.25, 0.3) is 0 Å². The van der Waals surface area contributed by atoms with Gasteiger partial charge in [0.15, 0.2) is 0 Å². The summed E-state index contributed by atoms with van der Waals surface area (Å²) in [7, 11) is 0. The fourth-order valence-electron chi connectivity index (χ4n) is 2.49. The first-order chi connectivity index (χ1) is 10.5. The van der Waals surface area contributed by atoms with E-state index in [1.54, 1.807) is 17.9 Å². The minimum Gasteiger partial charge on any atom is -0.393 e. The van der Waals surface area contributed by atoms with Crippen LogP contribution in [0.15, 0.2) is 18.2 Å². The van der Waals surface area contributed by atoms with Gasteiger partial charge in [0.2, 0.25) is 0 Å². The van der Waals surface area contributed by atoms with Crippen LogP contribution in [0.2, 0.25) is 0 Å². The van der Waals surface area contributed by atoms with Crippen molar-refractivity contribution >= 4 is 17.3 Å². The van der Waals surface area contributed by atoms with Crippen molar-refractivity contribution in [2.24, 2.45) is 0 Å². The number of anilines is 1. The summed E-state index contributed by atoms with van der Waals surface area (Å²) in [4.78, 5) is 24.7. The van der Waals surface area contributed by atoms with Gasteiger partial charge in [-0.2, -0.15) is 0 Å². The SMILES string of the molecule is C[C@@H](O)CCNc1ccc([N+](=O)[O-])c(C(=O)N2CCCC2)c1. The zero-order valence-corrected chi connectivity index (χ0v) is 12.6. The smallest absolute Gasteiger partial charge is 0.282 e. The van der Waals surface area contributed by atoms with E-state index in [0.717, 1.165) is 12.8 Å². The number of nitrogens with one attached hydrogen (secondary N) is 1. The van der Waals surface area contributed by atoms with Crippen LogP contribution in [-0.2, 0) is 0 Å². The zero-order chi connectivity index (χ0) is 16.1. The van der Waals surface area contributed by atoms with Gasteiger partial charge in [0.25, 0.3) is 11.6 Å². The lowest BCUT2D eigenvalue weighted by Crippen LogP contribution is -2.28. The van der Waals surface area contributed by atoms with Crippen LogP contribution in [-0.4, -0.2) is 46.6 Å². The molecule has 2 rings (SSSR count). The lowest BCUT2D eigenvalue weighted by atomic mass is 10.1. The zero-order valence-electron chi connectivity index (χ0n) is 12.6. The summed E-state index contributed by atoms with van der Waals surface area (Å²) in [5.74, 6) is -0.289. The van der Waals surface area contributed by atoms with Crippen molar-refractivity contribution < 1.29 is 14.8 Å². The average molecular weight is 307 g/mol. The standard InChI is InChI=1S/C15H21N3O4/c1-11(19)6-7-16-12-4-5-14(18(21)22)13(10-12)15(20)17-8-2-3-9-17/h4-5,10-11,16,19H,2-3,6-9H2,1H3/t11-/m1/s1. The summed E-state index contributed by atoms with van der Waals surface area (Å²) in [5, 5.41) is 23.5. The molecule has 0 aromatic heterocycles. The van der Waals surface area contributed by atoms with Gasteiger partial charge in [-0.1, -0.05) is 0 Å². The molecule has 0 aliphatic carbocycles. The molecular weight excluding hydrogens is 286 g/mol. The minimum absolute atomic E-state index is 0.119.